The molecule has 2 unspecified atom stereocenters. The molecular formula is C18H26N8. The van der Waals surface area contributed by atoms with Gasteiger partial charge in [-0.3, -0.25) is 0 Å². The van der Waals surface area contributed by atoms with Crippen LogP contribution in [0.25, 0.3) is 0 Å². The Labute approximate surface area is 153 Å². The van der Waals surface area contributed by atoms with E-state index < -0.39 is 0 Å². The quantitative estimate of drug-likeness (QED) is 0.652. The van der Waals surface area contributed by atoms with Crippen LogP contribution in [0.15, 0.2) is 12.3 Å². The van der Waals surface area contributed by atoms with Crippen LogP contribution < -0.4 is 22.5 Å². The van der Waals surface area contributed by atoms with E-state index in [1.807, 2.05) is 6.07 Å². The minimum Gasteiger partial charge on any atom is -0.383 e. The molecule has 4 rings (SSSR count). The first-order valence-electron chi connectivity index (χ1n) is 9.33. The van der Waals surface area contributed by atoms with Crippen molar-refractivity contribution in [2.45, 2.75) is 50.4 Å². The first-order valence-corrected chi connectivity index (χ1v) is 9.33. The molecule has 2 aliphatic rings. The first kappa shape index (κ1) is 16.8. The second kappa shape index (κ2) is 6.59. The summed E-state index contributed by atoms with van der Waals surface area (Å²) in [5.74, 6) is 2.47. The molecule has 0 saturated heterocycles. The zero-order chi connectivity index (χ0) is 18.1. The van der Waals surface area contributed by atoms with Gasteiger partial charge in [0.25, 0.3) is 0 Å². The van der Waals surface area contributed by atoms with E-state index in [1.165, 1.54) is 12.8 Å². The number of anilines is 4. The Balaban J connectivity index is 1.54. The van der Waals surface area contributed by atoms with E-state index in [0.717, 1.165) is 55.7 Å². The summed E-state index contributed by atoms with van der Waals surface area (Å²) >= 11 is 0. The Morgan fingerprint density at radius 2 is 1.92 bits per heavy atom. The molecule has 26 heavy (non-hydrogen) atoms. The fraction of sp³-hybridized carbons (Fsp3) is 0.556. The molecule has 2 heterocycles. The number of rotatable bonds is 4. The standard InChI is InChI=1S/C18H26N8/c19-15-12-4-2-8-18(14(12)25-17(21)26-15)7-1-3-11(18)5-9-22-13-6-10-23-16(20)24-13/h6,10-11H,1-5,7-9H2,(H4,19,21,25,26)(H3,20,22,23,24). The van der Waals surface area contributed by atoms with Crippen molar-refractivity contribution in [3.8, 4) is 0 Å². The van der Waals surface area contributed by atoms with Crippen LogP contribution in [-0.4, -0.2) is 26.5 Å². The average Bonchev–Trinajstić information content (AvgIpc) is 2.99. The van der Waals surface area contributed by atoms with Gasteiger partial charge in [0.05, 0.1) is 5.69 Å². The van der Waals surface area contributed by atoms with E-state index in [1.54, 1.807) is 6.20 Å². The molecule has 1 spiro atoms. The highest BCUT2D eigenvalue weighted by atomic mass is 15.1. The van der Waals surface area contributed by atoms with Gasteiger partial charge >= 0.3 is 0 Å². The van der Waals surface area contributed by atoms with Crippen LogP contribution in [0.2, 0.25) is 0 Å². The highest BCUT2D eigenvalue weighted by molar-refractivity contribution is 5.50. The molecule has 0 aromatic carbocycles. The normalized spacial score (nSPS) is 24.5. The molecule has 0 aliphatic heterocycles. The van der Waals surface area contributed by atoms with Crippen LogP contribution in [0.3, 0.4) is 0 Å². The third-order valence-corrected chi connectivity index (χ3v) is 6.01. The lowest BCUT2D eigenvalue weighted by Gasteiger charge is -2.40. The number of hydrogen-bond donors (Lipinski definition) is 4. The minimum absolute atomic E-state index is 0.0884. The summed E-state index contributed by atoms with van der Waals surface area (Å²) in [6.45, 7) is 0.842. The lowest BCUT2D eigenvalue weighted by atomic mass is 9.65. The number of nitrogens with one attached hydrogen (secondary N) is 1. The van der Waals surface area contributed by atoms with E-state index in [9.17, 15) is 0 Å². The summed E-state index contributed by atoms with van der Waals surface area (Å²) in [6, 6.07) is 1.84. The van der Waals surface area contributed by atoms with E-state index in [0.29, 0.717) is 17.7 Å². The summed E-state index contributed by atoms with van der Waals surface area (Å²) in [5, 5.41) is 3.37. The second-order valence-electron chi connectivity index (χ2n) is 7.41. The summed E-state index contributed by atoms with van der Waals surface area (Å²) in [4.78, 5) is 17.0. The van der Waals surface area contributed by atoms with Crippen molar-refractivity contribution in [3.63, 3.8) is 0 Å². The van der Waals surface area contributed by atoms with Crippen LogP contribution in [0.4, 0.5) is 23.5 Å². The molecule has 2 atom stereocenters. The summed E-state index contributed by atoms with van der Waals surface area (Å²) in [7, 11) is 0. The summed E-state index contributed by atoms with van der Waals surface area (Å²) < 4.78 is 0. The van der Waals surface area contributed by atoms with E-state index in [4.69, 9.17) is 17.2 Å². The predicted molar refractivity (Wildman–Crippen MR) is 102 cm³/mol. The average molecular weight is 354 g/mol. The largest absolute Gasteiger partial charge is 0.383 e. The lowest BCUT2D eigenvalue weighted by molar-refractivity contribution is 0.253. The van der Waals surface area contributed by atoms with Gasteiger partial charge in [-0.15, -0.1) is 0 Å². The third kappa shape index (κ3) is 2.89. The Morgan fingerprint density at radius 3 is 2.77 bits per heavy atom. The Kier molecular flexibility index (Phi) is 4.26. The Bertz CT molecular complexity index is 808. The van der Waals surface area contributed by atoms with Gasteiger partial charge in [-0.1, -0.05) is 6.42 Å². The zero-order valence-electron chi connectivity index (χ0n) is 14.9. The van der Waals surface area contributed by atoms with Crippen molar-refractivity contribution < 1.29 is 0 Å². The highest BCUT2D eigenvalue weighted by Gasteiger charge is 2.47. The van der Waals surface area contributed by atoms with Crippen LogP contribution in [0, 0.1) is 5.92 Å². The second-order valence-corrected chi connectivity index (χ2v) is 7.41. The Morgan fingerprint density at radius 1 is 1.08 bits per heavy atom. The van der Waals surface area contributed by atoms with Crippen molar-refractivity contribution in [1.82, 2.24) is 19.9 Å². The van der Waals surface area contributed by atoms with Crippen LogP contribution >= 0.6 is 0 Å². The SMILES string of the molecule is Nc1nccc(NCCC2CCCC23CCCc2c(N)nc(N)nc23)n1. The molecule has 1 fully saturated rings. The summed E-state index contributed by atoms with van der Waals surface area (Å²) in [5.41, 5.74) is 20.1. The lowest BCUT2D eigenvalue weighted by Crippen LogP contribution is -2.37. The zero-order valence-corrected chi connectivity index (χ0v) is 14.9. The van der Waals surface area contributed by atoms with Gasteiger partial charge in [0, 0.05) is 23.7 Å². The van der Waals surface area contributed by atoms with Crippen molar-refractivity contribution >= 4 is 23.5 Å². The summed E-state index contributed by atoms with van der Waals surface area (Å²) in [6.07, 6.45) is 9.53. The van der Waals surface area contributed by atoms with E-state index >= 15 is 0 Å². The molecule has 0 amide bonds. The molecule has 2 aliphatic carbocycles. The molecule has 0 bridgehead atoms. The number of hydrogen-bond acceptors (Lipinski definition) is 8. The number of nitrogen functional groups attached to an aromatic ring is 3. The maximum absolute atomic E-state index is 6.16. The minimum atomic E-state index is 0.0884. The van der Waals surface area contributed by atoms with Gasteiger partial charge in [0.2, 0.25) is 11.9 Å². The number of nitrogens with zero attached hydrogens (tertiary/aromatic N) is 4. The van der Waals surface area contributed by atoms with Gasteiger partial charge < -0.3 is 22.5 Å². The van der Waals surface area contributed by atoms with Crippen molar-refractivity contribution in [1.29, 1.82) is 0 Å². The maximum atomic E-state index is 6.16. The van der Waals surface area contributed by atoms with Crippen molar-refractivity contribution in [2.75, 3.05) is 29.1 Å². The van der Waals surface area contributed by atoms with Crippen molar-refractivity contribution in [3.05, 3.63) is 23.5 Å². The van der Waals surface area contributed by atoms with Crippen LogP contribution in [-0.2, 0) is 11.8 Å². The van der Waals surface area contributed by atoms with E-state index in [-0.39, 0.29) is 11.4 Å². The molecule has 0 radical (unpaired) electrons. The van der Waals surface area contributed by atoms with Gasteiger partial charge in [-0.05, 0) is 50.5 Å². The van der Waals surface area contributed by atoms with Crippen molar-refractivity contribution in [2.24, 2.45) is 5.92 Å². The van der Waals surface area contributed by atoms with Crippen LogP contribution in [0.1, 0.15) is 49.8 Å². The molecule has 138 valence electrons. The predicted octanol–water partition coefficient (Wildman–Crippen LogP) is 1.89. The van der Waals surface area contributed by atoms with Gasteiger partial charge in [0.15, 0.2) is 0 Å². The molecule has 7 N–H and O–H groups in total. The third-order valence-electron chi connectivity index (χ3n) is 6.01. The van der Waals surface area contributed by atoms with Gasteiger partial charge in [0.1, 0.15) is 11.6 Å². The number of aromatic nitrogens is 4. The van der Waals surface area contributed by atoms with Crippen LogP contribution in [0.5, 0.6) is 0 Å². The fourth-order valence-corrected chi connectivity index (χ4v) is 4.93. The number of nitrogens with two attached hydrogens (primary N) is 3. The number of fused-ring (bicyclic) bond motifs is 2. The molecule has 8 nitrogen and oxygen atoms in total. The molecule has 1 saturated carbocycles. The first-order chi connectivity index (χ1) is 12.6. The molecular weight excluding hydrogens is 328 g/mol. The fourth-order valence-electron chi connectivity index (χ4n) is 4.93. The topological polar surface area (TPSA) is 142 Å². The smallest absolute Gasteiger partial charge is 0.222 e. The maximum Gasteiger partial charge on any atom is 0.222 e. The van der Waals surface area contributed by atoms with Gasteiger partial charge in [-0.2, -0.15) is 9.97 Å². The molecule has 8 heteroatoms. The van der Waals surface area contributed by atoms with Gasteiger partial charge in [-0.25, -0.2) is 9.97 Å². The Hall–Kier alpha value is -2.64. The monoisotopic (exact) mass is 354 g/mol. The highest BCUT2D eigenvalue weighted by Crippen LogP contribution is 2.53. The molecule has 2 aromatic heterocycles. The van der Waals surface area contributed by atoms with E-state index in [2.05, 4.69) is 25.3 Å². The molecule has 2 aromatic rings.